The molecule has 0 N–H and O–H groups in total. The predicted molar refractivity (Wildman–Crippen MR) is 92.9 cm³/mol. The lowest BCUT2D eigenvalue weighted by Crippen LogP contribution is -2.05. The van der Waals surface area contributed by atoms with Crippen LogP contribution in [0.15, 0.2) is 59.2 Å². The lowest BCUT2D eigenvalue weighted by atomic mass is 10.2. The summed E-state index contributed by atoms with van der Waals surface area (Å²) in [5.41, 5.74) is 1.50. The molecule has 0 fully saturated rings. The highest BCUT2D eigenvalue weighted by Gasteiger charge is 2.24. The Balaban J connectivity index is 1.90. The molecule has 3 rings (SSSR count). The van der Waals surface area contributed by atoms with Gasteiger partial charge in [0.2, 0.25) is 5.90 Å². The maximum absolute atomic E-state index is 11.9. The van der Waals surface area contributed by atoms with Gasteiger partial charge in [0, 0.05) is 21.3 Å². The van der Waals surface area contributed by atoms with Crippen LogP contribution in [-0.4, -0.2) is 16.8 Å². The van der Waals surface area contributed by atoms with E-state index >= 15 is 0 Å². The molecule has 0 saturated carbocycles. The Bertz CT molecular complexity index is 857. The Kier molecular flexibility index (Phi) is 4.20. The second-order valence-electron chi connectivity index (χ2n) is 4.70. The number of ether oxygens (including phenoxy) is 1. The number of nitro benzene ring substituents is 1. The normalized spacial score (nSPS) is 15.4. The zero-order valence-electron chi connectivity index (χ0n) is 11.6. The van der Waals surface area contributed by atoms with Crippen LogP contribution in [0.1, 0.15) is 11.1 Å². The summed E-state index contributed by atoms with van der Waals surface area (Å²) in [6, 6.07) is 13.3. The molecule has 0 spiro atoms. The number of nitro groups is 1. The summed E-state index contributed by atoms with van der Waals surface area (Å²) in [7, 11) is 0. The monoisotopic (exact) mass is 420 g/mol. The van der Waals surface area contributed by atoms with Crippen LogP contribution < -0.4 is 0 Å². The van der Waals surface area contributed by atoms with Crippen molar-refractivity contribution in [1.29, 1.82) is 0 Å². The first-order valence-corrected chi connectivity index (χ1v) is 7.64. The van der Waals surface area contributed by atoms with Gasteiger partial charge in [0.25, 0.3) is 5.69 Å². The van der Waals surface area contributed by atoms with E-state index in [0.29, 0.717) is 5.56 Å². The topological polar surface area (TPSA) is 81.8 Å². The van der Waals surface area contributed by atoms with Crippen molar-refractivity contribution in [1.82, 2.24) is 0 Å². The predicted octanol–water partition coefficient (Wildman–Crippen LogP) is 3.54. The number of rotatable bonds is 3. The number of esters is 1. The van der Waals surface area contributed by atoms with Crippen molar-refractivity contribution in [3.63, 3.8) is 0 Å². The Hall–Kier alpha value is -2.55. The number of non-ortho nitro benzene ring substituents is 1. The maximum Gasteiger partial charge on any atom is 0.363 e. The largest absolute Gasteiger partial charge is 0.402 e. The molecule has 1 heterocycles. The van der Waals surface area contributed by atoms with Gasteiger partial charge in [-0.1, -0.05) is 6.07 Å². The van der Waals surface area contributed by atoms with E-state index in [0.717, 1.165) is 9.13 Å². The van der Waals surface area contributed by atoms with Gasteiger partial charge < -0.3 is 4.74 Å². The number of carbonyl (C=O) groups is 1. The summed E-state index contributed by atoms with van der Waals surface area (Å²) >= 11 is 2.16. The van der Waals surface area contributed by atoms with Crippen molar-refractivity contribution in [2.75, 3.05) is 0 Å². The molecule has 0 aliphatic carbocycles. The van der Waals surface area contributed by atoms with Gasteiger partial charge in [-0.25, -0.2) is 9.79 Å². The lowest BCUT2D eigenvalue weighted by Gasteiger charge is -1.99. The van der Waals surface area contributed by atoms with Gasteiger partial charge in [-0.05, 0) is 64.6 Å². The fraction of sp³-hybridized carbons (Fsp3) is 0. The SMILES string of the molecule is O=C1OC(c2cccc(I)c2)=NC1=Cc1ccc([N+](=O)[O-])cc1. The van der Waals surface area contributed by atoms with E-state index in [4.69, 9.17) is 4.74 Å². The highest BCUT2D eigenvalue weighted by atomic mass is 127. The van der Waals surface area contributed by atoms with Gasteiger partial charge in [-0.2, -0.15) is 0 Å². The summed E-state index contributed by atoms with van der Waals surface area (Å²) in [4.78, 5) is 26.3. The van der Waals surface area contributed by atoms with Crippen LogP contribution in [0.2, 0.25) is 0 Å². The molecule has 114 valence electrons. The minimum absolute atomic E-state index is 0.0100. The molecule has 0 unspecified atom stereocenters. The molecular formula is C16H9IN2O4. The van der Waals surface area contributed by atoms with Crippen molar-refractivity contribution in [3.05, 3.63) is 79.0 Å². The number of carbonyl (C=O) groups excluding carboxylic acids is 1. The zero-order chi connectivity index (χ0) is 16.4. The van der Waals surface area contributed by atoms with Crippen LogP contribution in [-0.2, 0) is 9.53 Å². The van der Waals surface area contributed by atoms with Crippen molar-refractivity contribution in [2.45, 2.75) is 0 Å². The van der Waals surface area contributed by atoms with Crippen LogP contribution in [0.5, 0.6) is 0 Å². The minimum Gasteiger partial charge on any atom is -0.402 e. The maximum atomic E-state index is 11.9. The molecular weight excluding hydrogens is 411 g/mol. The van der Waals surface area contributed by atoms with E-state index in [2.05, 4.69) is 27.6 Å². The van der Waals surface area contributed by atoms with Gasteiger partial charge in [-0.15, -0.1) is 0 Å². The van der Waals surface area contributed by atoms with E-state index < -0.39 is 10.9 Å². The Morgan fingerprint density at radius 1 is 1.17 bits per heavy atom. The average molecular weight is 420 g/mol. The molecule has 0 bridgehead atoms. The van der Waals surface area contributed by atoms with Crippen molar-refractivity contribution in [3.8, 4) is 0 Å². The van der Waals surface area contributed by atoms with Crippen LogP contribution >= 0.6 is 22.6 Å². The fourth-order valence-corrected chi connectivity index (χ4v) is 2.55. The molecule has 2 aromatic rings. The van der Waals surface area contributed by atoms with E-state index in [9.17, 15) is 14.9 Å². The number of benzene rings is 2. The molecule has 0 aromatic heterocycles. The first-order chi connectivity index (χ1) is 11.0. The van der Waals surface area contributed by atoms with E-state index in [1.807, 2.05) is 24.3 Å². The second kappa shape index (κ2) is 6.29. The first kappa shape index (κ1) is 15.3. The summed E-state index contributed by atoms with van der Waals surface area (Å²) in [6.45, 7) is 0. The molecule has 2 aromatic carbocycles. The number of halogens is 1. The van der Waals surface area contributed by atoms with Crippen LogP contribution in [0.4, 0.5) is 5.69 Å². The molecule has 7 heteroatoms. The van der Waals surface area contributed by atoms with Crippen LogP contribution in [0.3, 0.4) is 0 Å². The molecule has 6 nitrogen and oxygen atoms in total. The first-order valence-electron chi connectivity index (χ1n) is 6.56. The number of cyclic esters (lactones) is 1. The molecule has 0 radical (unpaired) electrons. The molecule has 0 saturated heterocycles. The van der Waals surface area contributed by atoms with Gasteiger partial charge in [0.1, 0.15) is 0 Å². The van der Waals surface area contributed by atoms with Gasteiger partial charge in [0.15, 0.2) is 5.70 Å². The van der Waals surface area contributed by atoms with E-state index in [1.54, 1.807) is 12.1 Å². The van der Waals surface area contributed by atoms with E-state index in [-0.39, 0.29) is 17.3 Å². The smallest absolute Gasteiger partial charge is 0.363 e. The third kappa shape index (κ3) is 3.45. The van der Waals surface area contributed by atoms with Crippen LogP contribution in [0, 0.1) is 13.7 Å². The Morgan fingerprint density at radius 3 is 2.57 bits per heavy atom. The van der Waals surface area contributed by atoms with Crippen molar-refractivity contribution >= 4 is 46.2 Å². The quantitative estimate of drug-likeness (QED) is 0.250. The van der Waals surface area contributed by atoms with Crippen LogP contribution in [0.25, 0.3) is 6.08 Å². The fourth-order valence-electron chi connectivity index (χ4n) is 2.00. The molecule has 1 aliphatic rings. The lowest BCUT2D eigenvalue weighted by molar-refractivity contribution is -0.384. The van der Waals surface area contributed by atoms with Gasteiger partial charge in [0.05, 0.1) is 4.92 Å². The summed E-state index contributed by atoms with van der Waals surface area (Å²) < 4.78 is 6.19. The average Bonchev–Trinajstić information content (AvgIpc) is 2.89. The number of hydrogen-bond donors (Lipinski definition) is 0. The number of nitrogens with zero attached hydrogens (tertiary/aromatic N) is 2. The highest BCUT2D eigenvalue weighted by Crippen LogP contribution is 2.21. The van der Waals surface area contributed by atoms with Crippen molar-refractivity contribution < 1.29 is 14.5 Å². The molecule has 0 amide bonds. The van der Waals surface area contributed by atoms with Crippen molar-refractivity contribution in [2.24, 2.45) is 4.99 Å². The number of aliphatic imine (C=N–C) groups is 1. The van der Waals surface area contributed by atoms with Gasteiger partial charge >= 0.3 is 5.97 Å². The number of hydrogen-bond acceptors (Lipinski definition) is 5. The molecule has 1 aliphatic heterocycles. The highest BCUT2D eigenvalue weighted by molar-refractivity contribution is 14.1. The molecule has 23 heavy (non-hydrogen) atoms. The summed E-state index contributed by atoms with van der Waals surface area (Å²) in [6.07, 6.45) is 1.53. The molecule has 0 atom stereocenters. The summed E-state index contributed by atoms with van der Waals surface area (Å²) in [5.74, 6) is -0.293. The minimum atomic E-state index is -0.544. The Labute approximate surface area is 144 Å². The van der Waals surface area contributed by atoms with Gasteiger partial charge in [-0.3, -0.25) is 10.1 Å². The summed E-state index contributed by atoms with van der Waals surface area (Å²) in [5, 5.41) is 10.6. The third-order valence-electron chi connectivity index (χ3n) is 3.10. The zero-order valence-corrected chi connectivity index (χ0v) is 13.8. The second-order valence-corrected chi connectivity index (χ2v) is 5.94. The van der Waals surface area contributed by atoms with E-state index in [1.165, 1.54) is 18.2 Å². The third-order valence-corrected chi connectivity index (χ3v) is 3.77. The Morgan fingerprint density at radius 2 is 1.91 bits per heavy atom. The standard InChI is InChI=1S/C16H9IN2O4/c17-12-3-1-2-11(9-12)15-18-14(16(20)23-15)8-10-4-6-13(7-5-10)19(21)22/h1-9H.